The summed E-state index contributed by atoms with van der Waals surface area (Å²) in [4.78, 5) is 9.42. The lowest BCUT2D eigenvalue weighted by Gasteiger charge is -1.78. The monoisotopic (exact) mass is 123 g/mol. The number of hydrogen-bond donors (Lipinski definition) is 1. The summed E-state index contributed by atoms with van der Waals surface area (Å²) in [6, 6.07) is 0. The molecule has 0 bridgehead atoms. The van der Waals surface area contributed by atoms with Crippen molar-refractivity contribution in [3.63, 3.8) is 0 Å². The Kier molecular flexibility index (Phi) is 1.89. The SMILES string of the molecule is O=C(O)[N+](=S)[S-]. The number of carboxylic acid groups (broad SMARTS) is 1. The van der Waals surface area contributed by atoms with E-state index in [-0.39, 0.29) is 3.35 Å². The van der Waals surface area contributed by atoms with Gasteiger partial charge in [0.1, 0.15) is 0 Å². The molecule has 34 valence electrons. The van der Waals surface area contributed by atoms with Gasteiger partial charge in [0, 0.05) is 0 Å². The molecule has 0 heterocycles. The minimum atomic E-state index is -1.28. The molecule has 6 heavy (non-hydrogen) atoms. The van der Waals surface area contributed by atoms with Gasteiger partial charge in [-0.2, -0.15) is 8.15 Å². The third-order valence-electron chi connectivity index (χ3n) is 0.156. The van der Waals surface area contributed by atoms with E-state index in [0.717, 1.165) is 0 Å². The van der Waals surface area contributed by atoms with Crippen LogP contribution < -0.4 is 0 Å². The van der Waals surface area contributed by atoms with E-state index in [1.807, 2.05) is 0 Å². The molecule has 0 aliphatic rings. The maximum atomic E-state index is 9.42. The first kappa shape index (κ1) is 5.71. The second-order valence-corrected chi connectivity index (χ2v) is 1.50. The van der Waals surface area contributed by atoms with Crippen molar-refractivity contribution in [1.82, 2.24) is 0 Å². The quantitative estimate of drug-likeness (QED) is 0.360. The Morgan fingerprint density at radius 2 is 2.17 bits per heavy atom. The maximum absolute atomic E-state index is 9.42. The van der Waals surface area contributed by atoms with E-state index in [9.17, 15) is 4.79 Å². The summed E-state index contributed by atoms with van der Waals surface area (Å²) in [6.07, 6.45) is -1.28. The van der Waals surface area contributed by atoms with E-state index in [4.69, 9.17) is 5.11 Å². The van der Waals surface area contributed by atoms with Crippen molar-refractivity contribution >= 4 is 31.3 Å². The van der Waals surface area contributed by atoms with Crippen molar-refractivity contribution in [3.05, 3.63) is 0 Å². The van der Waals surface area contributed by atoms with E-state index in [0.29, 0.717) is 0 Å². The highest BCUT2D eigenvalue weighted by Crippen LogP contribution is 1.63. The van der Waals surface area contributed by atoms with Crippen LogP contribution in [0.5, 0.6) is 0 Å². The number of hydrogen-bond acceptors (Lipinski definition) is 3. The molecule has 1 amide bonds. The van der Waals surface area contributed by atoms with Crippen molar-refractivity contribution in [2.75, 3.05) is 0 Å². The van der Waals surface area contributed by atoms with Crippen molar-refractivity contribution in [2.45, 2.75) is 0 Å². The van der Waals surface area contributed by atoms with Gasteiger partial charge in [-0.1, -0.05) is 25.2 Å². The molecule has 0 aliphatic carbocycles. The molecule has 1 N–H and O–H groups in total. The summed E-state index contributed by atoms with van der Waals surface area (Å²) in [5.74, 6) is 0. The van der Waals surface area contributed by atoms with Crippen LogP contribution in [-0.4, -0.2) is 14.6 Å². The molecule has 0 spiro atoms. The molecule has 0 aromatic heterocycles. The van der Waals surface area contributed by atoms with E-state index < -0.39 is 6.09 Å². The van der Waals surface area contributed by atoms with Gasteiger partial charge in [-0.15, -0.1) is 0 Å². The first-order valence-corrected chi connectivity index (χ1v) is 1.75. The summed E-state index contributed by atoms with van der Waals surface area (Å²) >= 11 is 7.90. The van der Waals surface area contributed by atoms with Gasteiger partial charge >= 0.3 is 6.09 Å². The fraction of sp³-hybridized carbons (Fsp3) is 0. The second-order valence-electron chi connectivity index (χ2n) is 0.540. The van der Waals surface area contributed by atoms with Gasteiger partial charge in [0.05, 0.1) is 0 Å². The normalized spacial score (nSPS) is 7.33. The van der Waals surface area contributed by atoms with Crippen LogP contribution in [0.2, 0.25) is 0 Å². The number of rotatable bonds is 0. The van der Waals surface area contributed by atoms with Gasteiger partial charge < -0.3 is 5.11 Å². The molecular formula is CHNO2S2. The third-order valence-corrected chi connectivity index (χ3v) is 0.469. The highest BCUT2D eigenvalue weighted by atomic mass is 32.2. The molecule has 0 saturated heterocycles. The van der Waals surface area contributed by atoms with Gasteiger partial charge in [-0.05, 0) is 0 Å². The molecule has 0 saturated carbocycles. The van der Waals surface area contributed by atoms with Crippen LogP contribution in [0, 0.1) is 0 Å². The van der Waals surface area contributed by atoms with Gasteiger partial charge in [0.2, 0.25) is 0 Å². The van der Waals surface area contributed by atoms with Gasteiger partial charge in [0.25, 0.3) is 0 Å². The van der Waals surface area contributed by atoms with Crippen molar-refractivity contribution in [1.29, 1.82) is 0 Å². The molecule has 0 rings (SSSR count). The molecule has 0 aromatic carbocycles. The Labute approximate surface area is 45.3 Å². The van der Waals surface area contributed by atoms with Crippen LogP contribution in [0.15, 0.2) is 0 Å². The van der Waals surface area contributed by atoms with E-state index in [2.05, 4.69) is 25.2 Å². The fourth-order valence-corrected chi connectivity index (χ4v) is 0. The Balaban J connectivity index is 3.57. The van der Waals surface area contributed by atoms with Crippen molar-refractivity contribution in [2.24, 2.45) is 0 Å². The van der Waals surface area contributed by atoms with Crippen LogP contribution >= 0.6 is 0 Å². The molecule has 0 aromatic rings. The molecule has 0 fully saturated rings. The van der Waals surface area contributed by atoms with E-state index >= 15 is 0 Å². The van der Waals surface area contributed by atoms with Crippen LogP contribution in [-0.2, 0) is 25.2 Å². The summed E-state index contributed by atoms with van der Waals surface area (Å²) in [5, 5.41) is 7.71. The van der Waals surface area contributed by atoms with Gasteiger partial charge in [-0.3, -0.25) is 0 Å². The number of nitrogens with zero attached hydrogens (tertiary/aromatic N) is 1. The zero-order chi connectivity index (χ0) is 5.15. The number of carbonyl (C=O) groups is 1. The van der Waals surface area contributed by atoms with Crippen LogP contribution in [0.1, 0.15) is 0 Å². The number of amides is 1. The van der Waals surface area contributed by atoms with Gasteiger partial charge in [0.15, 0.2) is 0 Å². The van der Waals surface area contributed by atoms with Crippen LogP contribution in [0.4, 0.5) is 4.79 Å². The summed E-state index contributed by atoms with van der Waals surface area (Å²) in [6.45, 7) is 0. The van der Waals surface area contributed by atoms with Crippen molar-refractivity contribution in [3.8, 4) is 0 Å². The largest absolute Gasteiger partial charge is 0.590 e. The van der Waals surface area contributed by atoms with E-state index in [1.165, 1.54) is 0 Å². The average Bonchev–Trinajstić information content (AvgIpc) is 1.36. The molecule has 0 radical (unpaired) electrons. The average molecular weight is 123 g/mol. The lowest BCUT2D eigenvalue weighted by Crippen LogP contribution is -2.05. The molecular weight excluding hydrogens is 122 g/mol. The Morgan fingerprint density at radius 1 is 2.00 bits per heavy atom. The smallest absolute Gasteiger partial charge is 0.427 e. The lowest BCUT2D eigenvalue weighted by molar-refractivity contribution is -0.225. The van der Waals surface area contributed by atoms with Crippen LogP contribution in [0.25, 0.3) is 0 Å². The van der Waals surface area contributed by atoms with Gasteiger partial charge in [-0.25, -0.2) is 0 Å². The first-order chi connectivity index (χ1) is 2.64. The third kappa shape index (κ3) is 1.98. The predicted octanol–water partition coefficient (Wildman–Crippen LogP) is -0.131. The van der Waals surface area contributed by atoms with E-state index in [1.54, 1.807) is 0 Å². The first-order valence-electron chi connectivity index (χ1n) is 1.02. The minimum absolute atomic E-state index is 0.250. The predicted molar refractivity (Wildman–Crippen MR) is 23.0 cm³/mol. The zero-order valence-corrected chi connectivity index (χ0v) is 4.25. The standard InChI is InChI=1S/CHNO2S2/c3-1(4)2(5)6/h(H,3,4). The molecule has 5 heteroatoms. The summed E-state index contributed by atoms with van der Waals surface area (Å²) in [7, 11) is 0. The lowest BCUT2D eigenvalue weighted by atomic mass is 11.3. The summed E-state index contributed by atoms with van der Waals surface area (Å²) in [5.41, 5.74) is 0. The topological polar surface area (TPSA) is 40.3 Å². The molecule has 0 unspecified atom stereocenters. The zero-order valence-electron chi connectivity index (χ0n) is 2.62. The maximum Gasteiger partial charge on any atom is 0.590 e. The highest BCUT2D eigenvalue weighted by Gasteiger charge is 1.97. The fourth-order valence-electron chi connectivity index (χ4n) is 0. The summed E-state index contributed by atoms with van der Waals surface area (Å²) < 4.78 is 0.250. The Morgan fingerprint density at radius 3 is 2.17 bits per heavy atom. The van der Waals surface area contributed by atoms with Crippen LogP contribution in [0.3, 0.4) is 0 Å². The Bertz CT molecular complexity index is 77.5. The second kappa shape index (κ2) is 1.99. The molecule has 3 nitrogen and oxygen atoms in total. The molecule has 0 atom stereocenters. The minimum Gasteiger partial charge on any atom is -0.427 e. The highest BCUT2D eigenvalue weighted by molar-refractivity contribution is 7.58. The van der Waals surface area contributed by atoms with Crippen molar-refractivity contribution < 1.29 is 13.3 Å². The Hall–Kier alpha value is -0.290. The molecule has 0 aliphatic heterocycles.